The van der Waals surface area contributed by atoms with Gasteiger partial charge in [-0.2, -0.15) is 0 Å². The lowest BCUT2D eigenvalue weighted by Crippen LogP contribution is -2.43. The molecule has 1 aliphatic heterocycles. The zero-order valence-electron chi connectivity index (χ0n) is 23.2. The van der Waals surface area contributed by atoms with Crippen LogP contribution in [0.4, 0.5) is 18.3 Å². The molecule has 0 bridgehead atoms. The molecule has 3 heterocycles. The predicted octanol–water partition coefficient (Wildman–Crippen LogP) is 3.86. The first kappa shape index (κ1) is 29.4. The summed E-state index contributed by atoms with van der Waals surface area (Å²) in [7, 11) is 0. The van der Waals surface area contributed by atoms with Crippen LogP contribution in [0, 0.1) is 11.7 Å². The third-order valence-electron chi connectivity index (χ3n) is 7.32. The molecule has 230 valence electrons. The van der Waals surface area contributed by atoms with E-state index in [2.05, 4.69) is 19.8 Å². The van der Waals surface area contributed by atoms with E-state index in [1.807, 2.05) is 0 Å². The molecule has 2 amide bonds. The summed E-state index contributed by atoms with van der Waals surface area (Å²) in [5.41, 5.74) is 10.3. The first-order chi connectivity index (χ1) is 20.9. The summed E-state index contributed by atoms with van der Waals surface area (Å²) in [6.45, 7) is 1.56. The summed E-state index contributed by atoms with van der Waals surface area (Å²) >= 11 is 1.03. The standard InChI is InChI=1S/C29H26F3N5O6S/c1-2-41-25-14(11-22(33)38)10-21(36-23(25)13-3-6-18-19(8-13)43-29(31,32)42-18)28(40,16-4-5-16)12-35-26(39)15-7-17(30)24-20(9-15)44-27(34)37-24/h3,6-10,16,40H,2,4-5,11-12H2,1H3,(H2,33,38)(H2,34,37)(H,35,39)/t28-/m1/s1. The van der Waals surface area contributed by atoms with Gasteiger partial charge in [0, 0.05) is 16.7 Å². The Morgan fingerprint density at radius 2 is 1.93 bits per heavy atom. The summed E-state index contributed by atoms with van der Waals surface area (Å²) in [5.74, 6) is -2.64. The number of pyridine rings is 1. The first-order valence-electron chi connectivity index (χ1n) is 13.6. The number of hydrogen-bond acceptors (Lipinski definition) is 10. The molecule has 6 N–H and O–H groups in total. The maximum absolute atomic E-state index is 14.6. The van der Waals surface area contributed by atoms with Crippen molar-refractivity contribution in [3.63, 3.8) is 0 Å². The van der Waals surface area contributed by atoms with Gasteiger partial charge in [0.05, 0.1) is 30.0 Å². The highest BCUT2D eigenvalue weighted by Crippen LogP contribution is 2.48. The topological polar surface area (TPSA) is 172 Å². The van der Waals surface area contributed by atoms with E-state index in [1.54, 1.807) is 6.92 Å². The monoisotopic (exact) mass is 629 g/mol. The number of nitrogens with one attached hydrogen (secondary N) is 1. The molecular weight excluding hydrogens is 603 g/mol. The molecule has 1 fully saturated rings. The Bertz CT molecular complexity index is 1810. The van der Waals surface area contributed by atoms with Crippen molar-refractivity contribution in [3.05, 3.63) is 59.0 Å². The van der Waals surface area contributed by atoms with E-state index in [1.165, 1.54) is 30.3 Å². The van der Waals surface area contributed by atoms with Crippen molar-refractivity contribution in [2.24, 2.45) is 11.7 Å². The number of carbonyl (C=O) groups excluding carboxylic acids is 2. The average Bonchev–Trinajstić information content (AvgIpc) is 3.67. The molecule has 6 rings (SSSR count). The molecule has 1 aliphatic carbocycles. The predicted molar refractivity (Wildman–Crippen MR) is 153 cm³/mol. The van der Waals surface area contributed by atoms with Crippen molar-refractivity contribution in [3.8, 4) is 28.5 Å². The molecule has 15 heteroatoms. The third-order valence-corrected chi connectivity index (χ3v) is 8.15. The van der Waals surface area contributed by atoms with Gasteiger partial charge >= 0.3 is 6.29 Å². The maximum atomic E-state index is 14.6. The van der Waals surface area contributed by atoms with Crippen molar-refractivity contribution in [1.82, 2.24) is 15.3 Å². The van der Waals surface area contributed by atoms with Crippen molar-refractivity contribution in [2.45, 2.75) is 38.1 Å². The van der Waals surface area contributed by atoms with Gasteiger partial charge in [-0.05, 0) is 62.1 Å². The van der Waals surface area contributed by atoms with E-state index < -0.39 is 29.5 Å². The maximum Gasteiger partial charge on any atom is 0.586 e. The Hall–Kier alpha value is -4.63. The van der Waals surface area contributed by atoms with E-state index in [-0.39, 0.29) is 75.9 Å². The zero-order chi connectivity index (χ0) is 31.4. The normalized spacial score (nSPS) is 16.5. The Morgan fingerprint density at radius 1 is 1.18 bits per heavy atom. The van der Waals surface area contributed by atoms with Gasteiger partial charge in [0.2, 0.25) is 5.91 Å². The number of anilines is 1. The van der Waals surface area contributed by atoms with Gasteiger partial charge in [0.1, 0.15) is 22.6 Å². The van der Waals surface area contributed by atoms with Gasteiger partial charge in [-0.15, -0.1) is 8.78 Å². The Morgan fingerprint density at radius 3 is 2.64 bits per heavy atom. The second-order valence-corrected chi connectivity index (χ2v) is 11.5. The second kappa shape index (κ2) is 10.8. The number of nitrogens with two attached hydrogens (primary N) is 2. The smallest absolute Gasteiger partial charge is 0.491 e. The minimum atomic E-state index is -3.85. The van der Waals surface area contributed by atoms with E-state index in [0.717, 1.165) is 17.4 Å². The molecule has 2 aromatic heterocycles. The number of fused-ring (bicyclic) bond motifs is 2. The van der Waals surface area contributed by atoms with E-state index in [4.69, 9.17) is 21.2 Å². The SMILES string of the molecule is CCOc1c(CC(N)=O)cc([C@@](O)(CNC(=O)c2cc(F)c3nc(N)sc3c2)C2CC2)nc1-c1ccc2c(c1)OC(F)(F)O2. The quantitative estimate of drug-likeness (QED) is 0.203. The van der Waals surface area contributed by atoms with Crippen LogP contribution in [0.2, 0.25) is 0 Å². The lowest BCUT2D eigenvalue weighted by molar-refractivity contribution is -0.286. The number of amides is 2. The van der Waals surface area contributed by atoms with Gasteiger partial charge in [-0.3, -0.25) is 9.59 Å². The van der Waals surface area contributed by atoms with Crippen LogP contribution in [0.15, 0.2) is 36.4 Å². The number of alkyl halides is 2. The van der Waals surface area contributed by atoms with Crippen molar-refractivity contribution in [1.29, 1.82) is 0 Å². The number of primary amides is 1. The molecule has 1 atom stereocenters. The summed E-state index contributed by atoms with van der Waals surface area (Å²) in [6, 6.07) is 8.00. The summed E-state index contributed by atoms with van der Waals surface area (Å²) in [5, 5.41) is 14.9. The minimum absolute atomic E-state index is 0.00344. The molecule has 1 saturated carbocycles. The van der Waals surface area contributed by atoms with E-state index in [9.17, 15) is 27.9 Å². The molecule has 4 aromatic rings. The Labute approximate surface area is 251 Å². The number of carbonyl (C=O) groups is 2. The highest BCUT2D eigenvalue weighted by atomic mass is 32.1. The van der Waals surface area contributed by atoms with Gasteiger partial charge in [-0.1, -0.05) is 11.3 Å². The van der Waals surface area contributed by atoms with Crippen molar-refractivity contribution < 1.29 is 42.1 Å². The first-order valence-corrected chi connectivity index (χ1v) is 14.4. The number of halogens is 3. The van der Waals surface area contributed by atoms with Crippen LogP contribution in [-0.2, 0) is 16.8 Å². The Balaban J connectivity index is 1.39. The lowest BCUT2D eigenvalue weighted by Gasteiger charge is -2.30. The molecule has 0 spiro atoms. The molecule has 2 aromatic carbocycles. The van der Waals surface area contributed by atoms with E-state index >= 15 is 0 Å². The van der Waals surface area contributed by atoms with Crippen LogP contribution in [0.1, 0.15) is 41.4 Å². The molecule has 11 nitrogen and oxygen atoms in total. The largest absolute Gasteiger partial charge is 0.586 e. The zero-order valence-corrected chi connectivity index (χ0v) is 24.0. The molecule has 0 unspecified atom stereocenters. The number of hydrogen-bond donors (Lipinski definition) is 4. The minimum Gasteiger partial charge on any atom is -0.491 e. The fourth-order valence-corrected chi connectivity index (χ4v) is 5.97. The van der Waals surface area contributed by atoms with Crippen molar-refractivity contribution in [2.75, 3.05) is 18.9 Å². The molecule has 0 saturated heterocycles. The van der Waals surface area contributed by atoms with Crippen LogP contribution >= 0.6 is 11.3 Å². The number of aliphatic hydroxyl groups is 1. The highest BCUT2D eigenvalue weighted by molar-refractivity contribution is 7.22. The summed E-state index contributed by atoms with van der Waals surface area (Å²) in [6.07, 6.45) is -2.91. The van der Waals surface area contributed by atoms with Gasteiger partial charge < -0.3 is 36.1 Å². The number of nitrogen functional groups attached to an aromatic ring is 1. The Kier molecular flexibility index (Phi) is 7.24. The number of aromatic nitrogens is 2. The van der Waals surface area contributed by atoms with Crippen LogP contribution in [0.3, 0.4) is 0 Å². The average molecular weight is 630 g/mol. The second-order valence-electron chi connectivity index (χ2n) is 10.5. The molecule has 2 aliphatic rings. The lowest BCUT2D eigenvalue weighted by atomic mass is 9.90. The number of benzene rings is 2. The summed E-state index contributed by atoms with van der Waals surface area (Å²) in [4.78, 5) is 33.8. The fourth-order valence-electron chi connectivity index (χ4n) is 5.18. The number of rotatable bonds is 10. The van der Waals surface area contributed by atoms with Gasteiger partial charge in [0.25, 0.3) is 5.91 Å². The van der Waals surface area contributed by atoms with Gasteiger partial charge in [-0.25, -0.2) is 14.4 Å². The highest BCUT2D eigenvalue weighted by Gasteiger charge is 2.47. The number of nitrogens with zero attached hydrogens (tertiary/aromatic N) is 2. The van der Waals surface area contributed by atoms with Crippen LogP contribution < -0.4 is 31.0 Å². The van der Waals surface area contributed by atoms with Crippen LogP contribution in [-0.4, -0.2) is 46.3 Å². The van der Waals surface area contributed by atoms with E-state index in [0.29, 0.717) is 23.1 Å². The third kappa shape index (κ3) is 5.55. The molecular formula is C29H26F3N5O6S. The van der Waals surface area contributed by atoms with Gasteiger partial charge in [0.15, 0.2) is 22.4 Å². The van der Waals surface area contributed by atoms with Crippen LogP contribution in [0.25, 0.3) is 21.5 Å². The number of thiazole rings is 1. The number of ether oxygens (including phenoxy) is 3. The molecule has 44 heavy (non-hydrogen) atoms. The fraction of sp³-hybridized carbons (Fsp3) is 0.310. The van der Waals surface area contributed by atoms with Crippen molar-refractivity contribution >= 4 is 38.5 Å². The summed E-state index contributed by atoms with van der Waals surface area (Å²) < 4.78 is 57.4. The molecule has 0 radical (unpaired) electrons. The van der Waals surface area contributed by atoms with Crippen LogP contribution in [0.5, 0.6) is 17.2 Å².